The van der Waals surface area contributed by atoms with Crippen molar-refractivity contribution in [3.63, 3.8) is 0 Å². The Labute approximate surface area is 173 Å². The van der Waals surface area contributed by atoms with E-state index in [2.05, 4.69) is 15.3 Å². The molecule has 0 bridgehead atoms. The van der Waals surface area contributed by atoms with E-state index in [0.717, 1.165) is 5.69 Å². The first-order chi connectivity index (χ1) is 14.3. The maximum atomic E-state index is 12.7. The number of carbonyl (C=O) groups excluding carboxylic acids is 3. The lowest BCUT2D eigenvalue weighted by Crippen LogP contribution is -2.29. The van der Waals surface area contributed by atoms with E-state index in [0.29, 0.717) is 16.9 Å². The van der Waals surface area contributed by atoms with Crippen molar-refractivity contribution in [3.8, 4) is 0 Å². The second-order valence-electron chi connectivity index (χ2n) is 6.77. The topological polar surface area (TPSA) is 124 Å². The quantitative estimate of drug-likeness (QED) is 0.578. The van der Waals surface area contributed by atoms with Crippen LogP contribution in [0.4, 0.5) is 17.1 Å². The van der Waals surface area contributed by atoms with E-state index < -0.39 is 11.8 Å². The highest BCUT2D eigenvalue weighted by Gasteiger charge is 2.22. The van der Waals surface area contributed by atoms with Crippen molar-refractivity contribution in [1.29, 1.82) is 0 Å². The van der Waals surface area contributed by atoms with Crippen molar-refractivity contribution in [1.82, 2.24) is 9.97 Å². The molecule has 0 saturated heterocycles. The summed E-state index contributed by atoms with van der Waals surface area (Å²) in [6.07, 6.45) is 1.24. The lowest BCUT2D eigenvalue weighted by atomic mass is 10.1. The SMILES string of the molecule is CN(C)c1ccccc1C(=O)Nc1ccc(N(C)C(=O)c2nc[nH]c2C(N)=O)cc1. The Kier molecular flexibility index (Phi) is 5.82. The number of imidazole rings is 1. The number of H-pyrrole nitrogens is 1. The van der Waals surface area contributed by atoms with Gasteiger partial charge in [0.15, 0.2) is 5.69 Å². The van der Waals surface area contributed by atoms with Gasteiger partial charge in [-0.2, -0.15) is 0 Å². The summed E-state index contributed by atoms with van der Waals surface area (Å²) in [5.74, 6) is -1.49. The second kappa shape index (κ2) is 8.48. The average Bonchev–Trinajstić information content (AvgIpc) is 3.23. The lowest BCUT2D eigenvalue weighted by molar-refractivity contribution is 0.0958. The van der Waals surface area contributed by atoms with Crippen molar-refractivity contribution in [3.05, 3.63) is 71.8 Å². The molecule has 3 rings (SSSR count). The first-order valence-corrected chi connectivity index (χ1v) is 9.08. The van der Waals surface area contributed by atoms with Gasteiger partial charge < -0.3 is 25.8 Å². The van der Waals surface area contributed by atoms with E-state index >= 15 is 0 Å². The molecule has 0 saturated carbocycles. The number of carbonyl (C=O) groups is 3. The summed E-state index contributed by atoms with van der Waals surface area (Å²) in [6, 6.07) is 14.0. The molecule has 1 heterocycles. The number of anilines is 3. The van der Waals surface area contributed by atoms with Gasteiger partial charge in [-0.3, -0.25) is 14.4 Å². The highest BCUT2D eigenvalue weighted by molar-refractivity contribution is 6.11. The third-order valence-electron chi connectivity index (χ3n) is 4.54. The lowest BCUT2D eigenvalue weighted by Gasteiger charge is -2.18. The number of para-hydroxylation sites is 1. The van der Waals surface area contributed by atoms with Crippen LogP contribution in [0.25, 0.3) is 0 Å². The number of benzene rings is 2. The summed E-state index contributed by atoms with van der Waals surface area (Å²) < 4.78 is 0. The molecule has 1 aromatic heterocycles. The fourth-order valence-corrected chi connectivity index (χ4v) is 2.94. The minimum atomic E-state index is -0.764. The van der Waals surface area contributed by atoms with E-state index in [1.165, 1.54) is 11.2 Å². The highest BCUT2D eigenvalue weighted by atomic mass is 16.2. The van der Waals surface area contributed by atoms with Crippen LogP contribution < -0.4 is 20.9 Å². The number of nitrogens with one attached hydrogen (secondary N) is 2. The van der Waals surface area contributed by atoms with Crippen LogP contribution in [0.2, 0.25) is 0 Å². The number of primary amides is 1. The summed E-state index contributed by atoms with van der Waals surface area (Å²) in [4.78, 5) is 46.4. The Balaban J connectivity index is 1.75. The second-order valence-corrected chi connectivity index (χ2v) is 6.77. The molecule has 0 atom stereocenters. The van der Waals surface area contributed by atoms with E-state index in [4.69, 9.17) is 5.73 Å². The predicted molar refractivity (Wildman–Crippen MR) is 115 cm³/mol. The van der Waals surface area contributed by atoms with Crippen molar-refractivity contribution in [2.75, 3.05) is 36.3 Å². The number of nitrogens with two attached hydrogens (primary N) is 1. The Morgan fingerprint density at radius 2 is 1.67 bits per heavy atom. The van der Waals surface area contributed by atoms with Gasteiger partial charge >= 0.3 is 0 Å². The van der Waals surface area contributed by atoms with Crippen LogP contribution in [0, 0.1) is 0 Å². The van der Waals surface area contributed by atoms with Crippen molar-refractivity contribution < 1.29 is 14.4 Å². The maximum Gasteiger partial charge on any atom is 0.279 e. The summed E-state index contributed by atoms with van der Waals surface area (Å²) in [7, 11) is 5.30. The molecule has 4 N–H and O–H groups in total. The molecule has 0 aliphatic heterocycles. The van der Waals surface area contributed by atoms with Crippen LogP contribution in [0.3, 0.4) is 0 Å². The normalized spacial score (nSPS) is 10.4. The first-order valence-electron chi connectivity index (χ1n) is 9.08. The molecule has 154 valence electrons. The van der Waals surface area contributed by atoms with Gasteiger partial charge in [0.05, 0.1) is 11.9 Å². The van der Waals surface area contributed by atoms with Crippen molar-refractivity contribution in [2.24, 2.45) is 5.73 Å². The largest absolute Gasteiger partial charge is 0.377 e. The van der Waals surface area contributed by atoms with Crippen molar-refractivity contribution >= 4 is 34.8 Å². The standard InChI is InChI=1S/C21H22N6O3/c1-26(2)16-7-5-4-6-15(16)20(29)25-13-8-10-14(11-9-13)27(3)21(30)18-17(19(22)28)23-12-24-18/h4-12H,1-3H3,(H2,22,28)(H,23,24)(H,25,29). The molecule has 0 aliphatic rings. The van der Waals surface area contributed by atoms with E-state index in [1.54, 1.807) is 43.4 Å². The third-order valence-corrected chi connectivity index (χ3v) is 4.54. The van der Waals surface area contributed by atoms with E-state index in [1.807, 2.05) is 31.1 Å². The van der Waals surface area contributed by atoms with Gasteiger partial charge in [-0.1, -0.05) is 12.1 Å². The zero-order valence-electron chi connectivity index (χ0n) is 16.8. The highest BCUT2D eigenvalue weighted by Crippen LogP contribution is 2.22. The molecule has 0 unspecified atom stereocenters. The van der Waals surface area contributed by atoms with Gasteiger partial charge in [-0.05, 0) is 36.4 Å². The number of aromatic amines is 1. The zero-order chi connectivity index (χ0) is 21.8. The van der Waals surface area contributed by atoms with Gasteiger partial charge in [-0.25, -0.2) is 4.98 Å². The van der Waals surface area contributed by atoms with Crippen LogP contribution >= 0.6 is 0 Å². The number of hydrogen-bond acceptors (Lipinski definition) is 5. The third kappa shape index (κ3) is 4.14. The number of aromatic nitrogens is 2. The Bertz CT molecular complexity index is 1090. The van der Waals surface area contributed by atoms with Crippen LogP contribution in [0.15, 0.2) is 54.9 Å². The Morgan fingerprint density at radius 3 is 2.30 bits per heavy atom. The molecule has 0 radical (unpaired) electrons. The Morgan fingerprint density at radius 1 is 1.00 bits per heavy atom. The molecule has 0 fully saturated rings. The summed E-state index contributed by atoms with van der Waals surface area (Å²) in [5.41, 5.74) is 7.65. The zero-order valence-corrected chi connectivity index (χ0v) is 16.8. The molecule has 3 amide bonds. The molecule has 9 heteroatoms. The minimum absolute atomic E-state index is 0.0460. The smallest absolute Gasteiger partial charge is 0.279 e. The summed E-state index contributed by atoms with van der Waals surface area (Å²) in [5, 5.41) is 2.85. The molecule has 30 heavy (non-hydrogen) atoms. The molecular formula is C21H22N6O3. The molecule has 0 aliphatic carbocycles. The molecule has 9 nitrogen and oxygen atoms in total. The Hall–Kier alpha value is -4.14. The predicted octanol–water partition coefficient (Wildman–Crippen LogP) is 2.10. The van der Waals surface area contributed by atoms with Crippen LogP contribution in [-0.2, 0) is 0 Å². The fraction of sp³-hybridized carbons (Fsp3) is 0.143. The van der Waals surface area contributed by atoms with Gasteiger partial charge in [0.2, 0.25) is 0 Å². The number of hydrogen-bond donors (Lipinski definition) is 3. The fourth-order valence-electron chi connectivity index (χ4n) is 2.94. The minimum Gasteiger partial charge on any atom is -0.377 e. The first kappa shape index (κ1) is 20.6. The summed E-state index contributed by atoms with van der Waals surface area (Å²) in [6.45, 7) is 0. The molecule has 2 aromatic carbocycles. The van der Waals surface area contributed by atoms with Crippen LogP contribution in [-0.4, -0.2) is 48.8 Å². The summed E-state index contributed by atoms with van der Waals surface area (Å²) >= 11 is 0. The average molecular weight is 406 g/mol. The van der Waals surface area contributed by atoms with Gasteiger partial charge in [-0.15, -0.1) is 0 Å². The van der Waals surface area contributed by atoms with Crippen LogP contribution in [0.5, 0.6) is 0 Å². The number of rotatable bonds is 6. The van der Waals surface area contributed by atoms with Gasteiger partial charge in [0, 0.05) is 38.2 Å². The van der Waals surface area contributed by atoms with Gasteiger partial charge in [0.25, 0.3) is 17.7 Å². The molecular weight excluding hydrogens is 384 g/mol. The molecule has 3 aromatic rings. The van der Waals surface area contributed by atoms with Gasteiger partial charge in [0.1, 0.15) is 5.69 Å². The monoisotopic (exact) mass is 406 g/mol. The van der Waals surface area contributed by atoms with Crippen LogP contribution in [0.1, 0.15) is 31.3 Å². The molecule has 0 spiro atoms. The maximum absolute atomic E-state index is 12.7. The van der Waals surface area contributed by atoms with Crippen molar-refractivity contribution in [2.45, 2.75) is 0 Å². The van der Waals surface area contributed by atoms with E-state index in [-0.39, 0.29) is 17.3 Å². The number of nitrogens with zero attached hydrogens (tertiary/aromatic N) is 3. The number of amides is 3. The van der Waals surface area contributed by atoms with E-state index in [9.17, 15) is 14.4 Å².